The highest BCUT2D eigenvalue weighted by atomic mass is 19.1. The van der Waals surface area contributed by atoms with Crippen LogP contribution in [-0.4, -0.2) is 22.0 Å². The van der Waals surface area contributed by atoms with Gasteiger partial charge in [-0.1, -0.05) is 42.5 Å². The number of hydrogen-bond acceptors (Lipinski definition) is 3. The molecule has 4 heteroatoms. The van der Waals surface area contributed by atoms with Gasteiger partial charge in [-0.3, -0.25) is 9.78 Å². The molecule has 3 nitrogen and oxygen atoms in total. The lowest BCUT2D eigenvalue weighted by Gasteiger charge is -2.16. The smallest absolute Gasteiger partial charge is 0.132 e. The molecule has 1 N–H and O–H groups in total. The fourth-order valence-electron chi connectivity index (χ4n) is 3.58. The molecule has 28 heavy (non-hydrogen) atoms. The third kappa shape index (κ3) is 3.87. The summed E-state index contributed by atoms with van der Waals surface area (Å²) in [6, 6.07) is 14.4. The Balaban J connectivity index is 1.93. The van der Waals surface area contributed by atoms with Gasteiger partial charge >= 0.3 is 0 Å². The molecule has 0 saturated heterocycles. The summed E-state index contributed by atoms with van der Waals surface area (Å²) in [5.41, 5.74) is 4.74. The summed E-state index contributed by atoms with van der Waals surface area (Å²) in [6.07, 6.45) is 4.96. The van der Waals surface area contributed by atoms with E-state index in [1.54, 1.807) is 18.2 Å². The number of nitrogens with zero attached hydrogens (tertiary/aromatic N) is 1. The van der Waals surface area contributed by atoms with E-state index < -0.39 is 6.10 Å². The number of fused-ring (bicyclic) bond motifs is 1. The molecule has 0 aliphatic heterocycles. The van der Waals surface area contributed by atoms with Gasteiger partial charge in [-0.15, -0.1) is 0 Å². The highest BCUT2D eigenvalue weighted by Crippen LogP contribution is 2.45. The third-order valence-electron chi connectivity index (χ3n) is 5.04. The molecule has 1 atom stereocenters. The topological polar surface area (TPSA) is 50.2 Å². The Bertz CT molecular complexity index is 1050. The summed E-state index contributed by atoms with van der Waals surface area (Å²) in [5.74, 6) is 0.0573. The van der Waals surface area contributed by atoms with Crippen molar-refractivity contribution in [3.8, 4) is 11.1 Å². The van der Waals surface area contributed by atoms with Gasteiger partial charge in [-0.2, -0.15) is 0 Å². The monoisotopic (exact) mass is 375 g/mol. The third-order valence-corrected chi connectivity index (χ3v) is 5.04. The Kier molecular flexibility index (Phi) is 5.05. The van der Waals surface area contributed by atoms with E-state index in [0.717, 1.165) is 46.1 Å². The van der Waals surface area contributed by atoms with E-state index in [9.17, 15) is 14.3 Å². The van der Waals surface area contributed by atoms with Crippen LogP contribution in [0.2, 0.25) is 0 Å². The van der Waals surface area contributed by atoms with Crippen LogP contribution in [0.1, 0.15) is 43.4 Å². The van der Waals surface area contributed by atoms with Crippen molar-refractivity contribution in [2.75, 3.05) is 0 Å². The number of benzene rings is 2. The van der Waals surface area contributed by atoms with Crippen molar-refractivity contribution in [1.29, 1.82) is 0 Å². The van der Waals surface area contributed by atoms with Gasteiger partial charge < -0.3 is 5.11 Å². The molecule has 0 bridgehead atoms. The quantitative estimate of drug-likeness (QED) is 0.638. The van der Waals surface area contributed by atoms with Crippen molar-refractivity contribution >= 4 is 22.8 Å². The van der Waals surface area contributed by atoms with Crippen molar-refractivity contribution in [3.63, 3.8) is 0 Å². The number of carbonyl (C=O) groups is 1. The molecule has 1 saturated carbocycles. The number of aliphatic hydroxyl groups is 1. The van der Waals surface area contributed by atoms with Crippen LogP contribution in [0.3, 0.4) is 0 Å². The Hall–Kier alpha value is -2.85. The molecule has 1 heterocycles. The van der Waals surface area contributed by atoms with E-state index in [4.69, 9.17) is 4.98 Å². The molecule has 1 aliphatic carbocycles. The molecule has 0 unspecified atom stereocenters. The molecule has 0 spiro atoms. The lowest BCUT2D eigenvalue weighted by Crippen LogP contribution is -2.07. The molecule has 1 fully saturated rings. The fraction of sp³-hybridized carbons (Fsp3) is 0.250. The van der Waals surface area contributed by atoms with E-state index in [1.807, 2.05) is 30.3 Å². The van der Waals surface area contributed by atoms with Crippen LogP contribution in [0.4, 0.5) is 4.39 Å². The predicted octanol–water partition coefficient (Wildman–Crippen LogP) is 5.27. The first-order valence-corrected chi connectivity index (χ1v) is 9.57. The van der Waals surface area contributed by atoms with Crippen LogP contribution in [0.15, 0.2) is 54.6 Å². The molecule has 0 radical (unpaired) electrons. The first-order valence-electron chi connectivity index (χ1n) is 9.57. The number of para-hydroxylation sites is 1. The van der Waals surface area contributed by atoms with Crippen LogP contribution in [-0.2, 0) is 4.79 Å². The second-order valence-electron chi connectivity index (χ2n) is 7.42. The zero-order chi connectivity index (χ0) is 19.7. The molecule has 4 rings (SSSR count). The van der Waals surface area contributed by atoms with Gasteiger partial charge in [0.05, 0.1) is 17.3 Å². The molecule has 3 aromatic rings. The maximum Gasteiger partial charge on any atom is 0.132 e. The minimum atomic E-state index is -0.836. The highest BCUT2D eigenvalue weighted by Gasteiger charge is 2.29. The summed E-state index contributed by atoms with van der Waals surface area (Å²) < 4.78 is 13.5. The van der Waals surface area contributed by atoms with Crippen molar-refractivity contribution in [1.82, 2.24) is 4.98 Å². The van der Waals surface area contributed by atoms with E-state index >= 15 is 0 Å². The van der Waals surface area contributed by atoms with E-state index in [2.05, 4.69) is 0 Å². The number of ketones is 1. The number of hydrogen-bond donors (Lipinski definition) is 1. The van der Waals surface area contributed by atoms with Crippen LogP contribution in [0.25, 0.3) is 28.1 Å². The Labute approximate surface area is 163 Å². The van der Waals surface area contributed by atoms with Gasteiger partial charge in [-0.25, -0.2) is 4.39 Å². The van der Waals surface area contributed by atoms with Crippen molar-refractivity contribution < 1.29 is 14.3 Å². The van der Waals surface area contributed by atoms with Crippen LogP contribution >= 0.6 is 0 Å². The lowest BCUT2D eigenvalue weighted by molar-refractivity contribution is -0.118. The number of Topliss-reactive ketones (excluding diaryl/α,β-unsaturated/α-hetero) is 1. The number of halogens is 1. The van der Waals surface area contributed by atoms with Crippen LogP contribution < -0.4 is 0 Å². The first-order chi connectivity index (χ1) is 13.5. The molecular formula is C24H22FNO2. The Morgan fingerprint density at radius 2 is 1.93 bits per heavy atom. The maximum atomic E-state index is 13.5. The zero-order valence-electron chi connectivity index (χ0n) is 15.7. The fourth-order valence-corrected chi connectivity index (χ4v) is 3.58. The zero-order valence-corrected chi connectivity index (χ0v) is 15.7. The average molecular weight is 375 g/mol. The SMILES string of the molecule is CC(=O)C[C@H](O)/C=C/c1c(C2CC2)nc2ccccc2c1-c1ccc(F)cc1. The molecule has 2 aromatic carbocycles. The lowest BCUT2D eigenvalue weighted by atomic mass is 9.92. The number of pyridine rings is 1. The Morgan fingerprint density at radius 1 is 1.21 bits per heavy atom. The average Bonchev–Trinajstić information content (AvgIpc) is 3.51. The van der Waals surface area contributed by atoms with Gasteiger partial charge in [0.25, 0.3) is 0 Å². The number of aromatic nitrogens is 1. The summed E-state index contributed by atoms with van der Waals surface area (Å²) >= 11 is 0. The van der Waals surface area contributed by atoms with E-state index in [1.165, 1.54) is 19.1 Å². The number of rotatable bonds is 6. The maximum absolute atomic E-state index is 13.5. The summed E-state index contributed by atoms with van der Waals surface area (Å²) in [5, 5.41) is 11.1. The summed E-state index contributed by atoms with van der Waals surface area (Å²) in [7, 11) is 0. The second-order valence-corrected chi connectivity index (χ2v) is 7.42. The first kappa shape index (κ1) is 18.5. The molecular weight excluding hydrogens is 353 g/mol. The minimum Gasteiger partial charge on any atom is -0.389 e. The van der Waals surface area contributed by atoms with Crippen molar-refractivity contribution in [2.45, 2.75) is 38.2 Å². The standard InChI is InChI=1S/C24H22FNO2/c1-15(27)14-19(28)12-13-21-23(16-8-10-18(25)11-9-16)20-4-2-3-5-22(20)26-24(21)17-6-7-17/h2-5,8-13,17,19,28H,6-7,14H2,1H3/b13-12+/t19-/m1/s1. The van der Waals surface area contributed by atoms with Crippen LogP contribution in [0.5, 0.6) is 0 Å². The van der Waals surface area contributed by atoms with Crippen molar-refractivity contribution in [3.05, 3.63) is 71.7 Å². The number of aliphatic hydroxyl groups excluding tert-OH is 1. The van der Waals surface area contributed by atoms with Gasteiger partial charge in [0, 0.05) is 28.9 Å². The Morgan fingerprint density at radius 3 is 2.61 bits per heavy atom. The molecule has 0 amide bonds. The van der Waals surface area contributed by atoms with Gasteiger partial charge in [0.2, 0.25) is 0 Å². The second kappa shape index (κ2) is 7.64. The van der Waals surface area contributed by atoms with Gasteiger partial charge in [0.1, 0.15) is 11.6 Å². The van der Waals surface area contributed by atoms with E-state index in [0.29, 0.717) is 5.92 Å². The molecule has 142 valence electrons. The van der Waals surface area contributed by atoms with E-state index in [-0.39, 0.29) is 18.0 Å². The molecule has 1 aliphatic rings. The van der Waals surface area contributed by atoms with Gasteiger partial charge in [0.15, 0.2) is 0 Å². The highest BCUT2D eigenvalue weighted by molar-refractivity contribution is 5.99. The largest absolute Gasteiger partial charge is 0.389 e. The summed E-state index contributed by atoms with van der Waals surface area (Å²) in [6.45, 7) is 1.47. The minimum absolute atomic E-state index is 0.0602. The number of carbonyl (C=O) groups excluding carboxylic acids is 1. The van der Waals surface area contributed by atoms with Crippen LogP contribution in [0, 0.1) is 5.82 Å². The normalized spacial score (nSPS) is 15.2. The summed E-state index contributed by atoms with van der Waals surface area (Å²) in [4.78, 5) is 16.2. The van der Waals surface area contributed by atoms with Crippen molar-refractivity contribution in [2.24, 2.45) is 0 Å². The van der Waals surface area contributed by atoms with Gasteiger partial charge in [-0.05, 0) is 43.5 Å². The molecule has 1 aromatic heterocycles. The predicted molar refractivity (Wildman–Crippen MR) is 109 cm³/mol.